The van der Waals surface area contributed by atoms with Gasteiger partial charge in [0.2, 0.25) is 0 Å². The maximum absolute atomic E-state index is 5.46. The van der Waals surface area contributed by atoms with Gasteiger partial charge in [0.1, 0.15) is 11.6 Å². The van der Waals surface area contributed by atoms with Gasteiger partial charge in [-0.1, -0.05) is 24.3 Å². The third kappa shape index (κ3) is 2.30. The van der Waals surface area contributed by atoms with Gasteiger partial charge in [0.25, 0.3) is 0 Å². The number of rotatable bonds is 2. The Hall–Kier alpha value is -2.24. The summed E-state index contributed by atoms with van der Waals surface area (Å²) in [7, 11) is 0. The van der Waals surface area contributed by atoms with Gasteiger partial charge in [-0.15, -0.1) is 0 Å². The quantitative estimate of drug-likeness (QED) is 0.731. The average Bonchev–Trinajstić information content (AvgIpc) is 2.99. The molecule has 4 rings (SSSR count). The second-order valence-electron chi connectivity index (χ2n) is 5.11. The molecule has 3 aromatic rings. The molecule has 0 saturated carbocycles. The summed E-state index contributed by atoms with van der Waals surface area (Å²) < 4.78 is 0. The van der Waals surface area contributed by atoms with Gasteiger partial charge >= 0.3 is 0 Å². The monoisotopic (exact) mass is 281 g/mol. The van der Waals surface area contributed by atoms with Gasteiger partial charge < -0.3 is 4.98 Å². The predicted octanol–water partition coefficient (Wildman–Crippen LogP) is 3.41. The summed E-state index contributed by atoms with van der Waals surface area (Å²) in [4.78, 5) is 22.5. The van der Waals surface area contributed by atoms with Crippen molar-refractivity contribution in [1.82, 2.24) is 15.0 Å². The van der Waals surface area contributed by atoms with Gasteiger partial charge in [-0.25, -0.2) is 14.8 Å². The van der Waals surface area contributed by atoms with Gasteiger partial charge in [0.15, 0.2) is 5.65 Å². The highest BCUT2D eigenvalue weighted by molar-refractivity contribution is 5.80. The van der Waals surface area contributed by atoms with E-state index in [0.29, 0.717) is 6.61 Å². The van der Waals surface area contributed by atoms with E-state index in [9.17, 15) is 0 Å². The normalized spacial score (nSPS) is 19.0. The SMILES string of the molecule is c1ccc(C2CCCOO2)c(-c2cc3nccnc3[nH]2)c1. The Morgan fingerprint density at radius 3 is 2.90 bits per heavy atom. The van der Waals surface area contributed by atoms with Gasteiger partial charge in [-0.2, -0.15) is 0 Å². The molecule has 21 heavy (non-hydrogen) atoms. The van der Waals surface area contributed by atoms with Crippen molar-refractivity contribution in [3.8, 4) is 11.3 Å². The summed E-state index contributed by atoms with van der Waals surface area (Å²) in [5, 5.41) is 0. The zero-order valence-corrected chi connectivity index (χ0v) is 11.5. The van der Waals surface area contributed by atoms with Crippen LogP contribution in [0.2, 0.25) is 0 Å². The number of hydrogen-bond acceptors (Lipinski definition) is 4. The first-order chi connectivity index (χ1) is 10.4. The molecule has 1 N–H and O–H groups in total. The van der Waals surface area contributed by atoms with Crippen molar-refractivity contribution in [3.05, 3.63) is 48.3 Å². The Morgan fingerprint density at radius 2 is 2.05 bits per heavy atom. The molecule has 0 spiro atoms. The molecular formula is C16H15N3O2. The van der Waals surface area contributed by atoms with Gasteiger partial charge in [0.05, 0.1) is 6.61 Å². The van der Waals surface area contributed by atoms with Crippen molar-refractivity contribution in [3.63, 3.8) is 0 Å². The first kappa shape index (κ1) is 12.5. The smallest absolute Gasteiger partial charge is 0.156 e. The fourth-order valence-corrected chi connectivity index (χ4v) is 2.73. The largest absolute Gasteiger partial charge is 0.338 e. The van der Waals surface area contributed by atoms with E-state index in [-0.39, 0.29) is 6.10 Å². The number of benzene rings is 1. The third-order valence-corrected chi connectivity index (χ3v) is 3.74. The van der Waals surface area contributed by atoms with Gasteiger partial charge in [-0.05, 0) is 24.5 Å². The molecule has 0 radical (unpaired) electrons. The second-order valence-corrected chi connectivity index (χ2v) is 5.11. The van der Waals surface area contributed by atoms with Crippen LogP contribution < -0.4 is 0 Å². The van der Waals surface area contributed by atoms with E-state index >= 15 is 0 Å². The summed E-state index contributed by atoms with van der Waals surface area (Å²) in [5.74, 6) is 0. The van der Waals surface area contributed by atoms with Crippen LogP contribution in [0.4, 0.5) is 0 Å². The first-order valence-electron chi connectivity index (χ1n) is 7.09. The number of hydrogen-bond donors (Lipinski definition) is 1. The van der Waals surface area contributed by atoms with E-state index in [1.165, 1.54) is 0 Å². The number of aromatic nitrogens is 3. The van der Waals surface area contributed by atoms with Crippen molar-refractivity contribution < 1.29 is 9.78 Å². The lowest BCUT2D eigenvalue weighted by Gasteiger charge is -2.23. The molecule has 1 aliphatic rings. The van der Waals surface area contributed by atoms with Crippen LogP contribution in [0.1, 0.15) is 24.5 Å². The summed E-state index contributed by atoms with van der Waals surface area (Å²) in [6.45, 7) is 0.666. The number of nitrogens with one attached hydrogen (secondary N) is 1. The Labute approximate surface area is 121 Å². The average molecular weight is 281 g/mol. The number of H-pyrrole nitrogens is 1. The number of nitrogens with zero attached hydrogens (tertiary/aromatic N) is 2. The predicted molar refractivity (Wildman–Crippen MR) is 78.3 cm³/mol. The molecule has 5 nitrogen and oxygen atoms in total. The number of fused-ring (bicyclic) bond motifs is 1. The van der Waals surface area contributed by atoms with E-state index in [4.69, 9.17) is 9.78 Å². The zero-order valence-electron chi connectivity index (χ0n) is 11.5. The molecule has 2 aromatic heterocycles. The van der Waals surface area contributed by atoms with E-state index < -0.39 is 0 Å². The highest BCUT2D eigenvalue weighted by Crippen LogP contribution is 2.34. The Morgan fingerprint density at radius 1 is 1.14 bits per heavy atom. The standard InChI is InChI=1S/C16H15N3O2/c1-2-5-12(15-6-3-9-20-21-15)11(4-1)13-10-14-16(19-13)18-8-7-17-14/h1-2,4-5,7-8,10,15H,3,6,9H2,(H,18,19). The molecule has 1 aromatic carbocycles. The lowest BCUT2D eigenvalue weighted by molar-refractivity contribution is -0.347. The van der Waals surface area contributed by atoms with Crippen LogP contribution in [-0.2, 0) is 9.78 Å². The molecule has 1 saturated heterocycles. The summed E-state index contributed by atoms with van der Waals surface area (Å²) in [5.41, 5.74) is 4.89. The van der Waals surface area contributed by atoms with Crippen molar-refractivity contribution >= 4 is 11.2 Å². The minimum atomic E-state index is -0.0257. The van der Waals surface area contributed by atoms with Crippen LogP contribution in [-0.4, -0.2) is 21.6 Å². The first-order valence-corrected chi connectivity index (χ1v) is 7.09. The molecule has 106 valence electrons. The Kier molecular flexibility index (Phi) is 3.14. The maximum atomic E-state index is 5.46. The molecular weight excluding hydrogens is 266 g/mol. The highest BCUT2D eigenvalue weighted by atomic mass is 17.2. The molecule has 1 fully saturated rings. The molecule has 3 heterocycles. The van der Waals surface area contributed by atoms with E-state index in [1.54, 1.807) is 12.4 Å². The van der Waals surface area contributed by atoms with Crippen LogP contribution >= 0.6 is 0 Å². The van der Waals surface area contributed by atoms with Crippen molar-refractivity contribution in [2.75, 3.05) is 6.61 Å². The van der Waals surface area contributed by atoms with E-state index in [1.807, 2.05) is 18.2 Å². The minimum Gasteiger partial charge on any atom is -0.338 e. The molecule has 0 aliphatic carbocycles. The maximum Gasteiger partial charge on any atom is 0.156 e. The molecule has 1 atom stereocenters. The molecule has 0 amide bonds. The molecule has 0 bridgehead atoms. The van der Waals surface area contributed by atoms with Crippen LogP contribution in [0.15, 0.2) is 42.7 Å². The Bertz CT molecular complexity index is 730. The van der Waals surface area contributed by atoms with Crippen LogP contribution in [0.25, 0.3) is 22.4 Å². The Balaban J connectivity index is 1.80. The molecule has 5 heteroatoms. The zero-order chi connectivity index (χ0) is 14.1. The summed E-state index contributed by atoms with van der Waals surface area (Å²) in [6, 6.07) is 10.2. The second kappa shape index (κ2) is 5.27. The van der Waals surface area contributed by atoms with E-state index in [2.05, 4.69) is 27.1 Å². The van der Waals surface area contributed by atoms with Crippen molar-refractivity contribution in [2.24, 2.45) is 0 Å². The summed E-state index contributed by atoms with van der Waals surface area (Å²) in [6.07, 6.45) is 5.33. The lowest BCUT2D eigenvalue weighted by atomic mass is 9.97. The molecule has 1 unspecified atom stereocenters. The fourth-order valence-electron chi connectivity index (χ4n) is 2.73. The van der Waals surface area contributed by atoms with E-state index in [0.717, 1.165) is 40.8 Å². The highest BCUT2D eigenvalue weighted by Gasteiger charge is 2.21. The van der Waals surface area contributed by atoms with Crippen molar-refractivity contribution in [1.29, 1.82) is 0 Å². The van der Waals surface area contributed by atoms with Gasteiger partial charge in [0, 0.05) is 23.7 Å². The van der Waals surface area contributed by atoms with Gasteiger partial charge in [-0.3, -0.25) is 4.98 Å². The van der Waals surface area contributed by atoms with Crippen LogP contribution in [0, 0.1) is 0 Å². The van der Waals surface area contributed by atoms with Crippen molar-refractivity contribution in [2.45, 2.75) is 18.9 Å². The van der Waals surface area contributed by atoms with Crippen LogP contribution in [0.3, 0.4) is 0 Å². The topological polar surface area (TPSA) is 60.0 Å². The third-order valence-electron chi connectivity index (χ3n) is 3.74. The van der Waals surface area contributed by atoms with Crippen LogP contribution in [0.5, 0.6) is 0 Å². The lowest BCUT2D eigenvalue weighted by Crippen LogP contribution is -2.13. The minimum absolute atomic E-state index is 0.0257. The summed E-state index contributed by atoms with van der Waals surface area (Å²) >= 11 is 0. The number of aromatic amines is 1. The fraction of sp³-hybridized carbons (Fsp3) is 0.250. The molecule has 1 aliphatic heterocycles.